The molecule has 44 heavy (non-hydrogen) atoms. The molecule has 9 heteroatoms. The zero-order valence-corrected chi connectivity index (χ0v) is 27.1. The van der Waals surface area contributed by atoms with Gasteiger partial charge in [-0.1, -0.05) is 24.3 Å². The van der Waals surface area contributed by atoms with Crippen molar-refractivity contribution in [1.82, 2.24) is 39.9 Å². The summed E-state index contributed by atoms with van der Waals surface area (Å²) in [7, 11) is 0. The molecule has 0 fully saturated rings. The number of H-pyrrole nitrogens is 2. The Hall–Kier alpha value is -5.01. The third-order valence-corrected chi connectivity index (χ3v) is 9.10. The van der Waals surface area contributed by atoms with Crippen molar-refractivity contribution >= 4 is 43.5 Å². The normalized spacial score (nSPS) is 12.1. The van der Waals surface area contributed by atoms with Gasteiger partial charge in [-0.25, -0.2) is 0 Å². The molecule has 8 nitrogen and oxygen atoms in total. The first-order chi connectivity index (χ1) is 21.6. The van der Waals surface area contributed by atoms with Gasteiger partial charge in [0.2, 0.25) is 0 Å². The summed E-state index contributed by atoms with van der Waals surface area (Å²) in [5.41, 5.74) is 7.04. The molecule has 2 N–H and O–H groups in total. The summed E-state index contributed by atoms with van der Waals surface area (Å²) >= 11 is 1.12. The molecular formula is C35H25N8Zn-. The minimum atomic E-state index is 0.543. The van der Waals surface area contributed by atoms with Crippen LogP contribution in [0.15, 0.2) is 78.9 Å². The van der Waals surface area contributed by atoms with Gasteiger partial charge < -0.3 is 0 Å². The van der Waals surface area contributed by atoms with E-state index in [1.165, 1.54) is 16.9 Å². The van der Waals surface area contributed by atoms with Crippen LogP contribution in [0.5, 0.6) is 0 Å². The van der Waals surface area contributed by atoms with E-state index in [1.807, 2.05) is 72.8 Å². The Morgan fingerprint density at radius 1 is 0.659 bits per heavy atom. The number of aromatic nitrogens is 8. The molecule has 3 aromatic heterocycles. The quantitative estimate of drug-likeness (QED) is 0.153. The fourth-order valence-corrected chi connectivity index (χ4v) is 6.39. The Labute approximate surface area is 262 Å². The molecule has 0 unspecified atom stereocenters. The van der Waals surface area contributed by atoms with Crippen molar-refractivity contribution in [3.8, 4) is 45.6 Å². The monoisotopic (exact) mass is 621 g/mol. The van der Waals surface area contributed by atoms with Crippen LogP contribution >= 0.6 is 0 Å². The van der Waals surface area contributed by atoms with Gasteiger partial charge in [0.05, 0.1) is 0 Å². The zero-order valence-electron chi connectivity index (χ0n) is 24.1. The average Bonchev–Trinajstić information content (AvgIpc) is 3.79. The molecule has 6 aromatic rings. The molecule has 8 rings (SSSR count). The van der Waals surface area contributed by atoms with E-state index in [2.05, 4.69) is 35.1 Å². The Balaban J connectivity index is 1.47. The molecule has 3 aromatic carbocycles. The average molecular weight is 623 g/mol. The fourth-order valence-electron chi connectivity index (χ4n) is 5.62. The second-order valence-corrected chi connectivity index (χ2v) is 12.8. The molecule has 2 aliphatic heterocycles. The van der Waals surface area contributed by atoms with Crippen LogP contribution in [-0.2, 0) is 17.9 Å². The molecular weight excluding hydrogens is 598 g/mol. The second kappa shape index (κ2) is 10.9. The van der Waals surface area contributed by atoms with Crippen LogP contribution in [0.2, 0.25) is 0 Å². The minimum absolute atomic E-state index is 0.543. The van der Waals surface area contributed by atoms with Crippen LogP contribution in [0.1, 0.15) is 31.7 Å². The van der Waals surface area contributed by atoms with E-state index in [0.29, 0.717) is 45.9 Å². The Kier molecular flexibility index (Phi) is 6.61. The van der Waals surface area contributed by atoms with E-state index in [0.717, 1.165) is 62.9 Å². The van der Waals surface area contributed by atoms with Crippen LogP contribution in [0.3, 0.4) is 0 Å². The van der Waals surface area contributed by atoms with Crippen LogP contribution in [0.4, 0.5) is 0 Å². The molecule has 0 atom stereocenters. The number of aromatic amines is 2. The van der Waals surface area contributed by atoms with Crippen LogP contribution < -0.4 is 0 Å². The summed E-state index contributed by atoms with van der Waals surface area (Å²) < 4.78 is 1.43. The van der Waals surface area contributed by atoms with Gasteiger partial charge in [0.1, 0.15) is 0 Å². The van der Waals surface area contributed by atoms with Crippen molar-refractivity contribution in [2.75, 3.05) is 0 Å². The first kappa shape index (κ1) is 26.6. The maximum absolute atomic E-state index is 5.05. The Morgan fingerprint density at radius 3 is 1.70 bits per heavy atom. The van der Waals surface area contributed by atoms with Crippen LogP contribution in [0, 0.1) is 6.07 Å². The predicted octanol–water partition coefficient (Wildman–Crippen LogP) is 7.44. The maximum atomic E-state index is 5.05. The zero-order chi connectivity index (χ0) is 29.6. The van der Waals surface area contributed by atoms with Crippen LogP contribution in [-0.4, -0.2) is 44.0 Å². The molecule has 208 valence electrons. The van der Waals surface area contributed by atoms with Gasteiger partial charge in [0.15, 0.2) is 0 Å². The SMILES string of the molecule is CCCC[C](=[Zn])/C=C\c1[c-]c2nc3nc(nc4[nH]c(nc5nc(nc1[nH]2)-c1ccccc1-5)c1ccccc41)-c1ccccc1-3. The summed E-state index contributed by atoms with van der Waals surface area (Å²) in [4.78, 5) is 36.7. The molecule has 8 bridgehead atoms. The molecule has 5 heterocycles. The van der Waals surface area contributed by atoms with Crippen molar-refractivity contribution in [3.05, 3.63) is 90.5 Å². The number of nitrogens with one attached hydrogen (secondary N) is 2. The number of rotatable bonds is 5. The summed E-state index contributed by atoms with van der Waals surface area (Å²) in [5, 5.41) is 1.91. The van der Waals surface area contributed by atoms with Gasteiger partial charge in [-0.05, 0) is 0 Å². The van der Waals surface area contributed by atoms with Gasteiger partial charge in [-0.2, -0.15) is 0 Å². The molecule has 0 aliphatic carbocycles. The summed E-state index contributed by atoms with van der Waals surface area (Å²) in [6.45, 7) is 2.22. The van der Waals surface area contributed by atoms with Crippen molar-refractivity contribution in [2.45, 2.75) is 26.2 Å². The number of benzene rings is 3. The molecule has 0 spiro atoms. The summed E-state index contributed by atoms with van der Waals surface area (Å²) in [5.74, 6) is 2.34. The van der Waals surface area contributed by atoms with Crippen molar-refractivity contribution < 1.29 is 17.9 Å². The van der Waals surface area contributed by atoms with E-state index in [9.17, 15) is 0 Å². The van der Waals surface area contributed by atoms with Gasteiger partial charge in [-0.3, -0.25) is 0 Å². The van der Waals surface area contributed by atoms with Gasteiger partial charge >= 0.3 is 234 Å². The van der Waals surface area contributed by atoms with E-state index in [1.54, 1.807) is 0 Å². The van der Waals surface area contributed by atoms with Gasteiger partial charge in [0, 0.05) is 5.39 Å². The second-order valence-electron chi connectivity index (χ2n) is 10.9. The Morgan fingerprint density at radius 2 is 1.16 bits per heavy atom. The van der Waals surface area contributed by atoms with Crippen molar-refractivity contribution in [3.63, 3.8) is 0 Å². The predicted molar refractivity (Wildman–Crippen MR) is 171 cm³/mol. The first-order valence-corrected chi connectivity index (χ1v) is 16.2. The van der Waals surface area contributed by atoms with Crippen molar-refractivity contribution in [2.24, 2.45) is 0 Å². The number of allylic oxidation sites excluding steroid dienone is 1. The number of hydrogen-bond donors (Lipinski definition) is 2. The third-order valence-electron chi connectivity index (χ3n) is 7.87. The molecule has 0 saturated carbocycles. The Bertz CT molecular complexity index is 2310. The summed E-state index contributed by atoms with van der Waals surface area (Å²) in [6, 6.07) is 27.6. The van der Waals surface area contributed by atoms with E-state index >= 15 is 0 Å². The first-order valence-electron chi connectivity index (χ1n) is 14.7. The van der Waals surface area contributed by atoms with E-state index in [4.69, 9.17) is 29.9 Å². The third kappa shape index (κ3) is 4.70. The van der Waals surface area contributed by atoms with Crippen LogP contribution in [0.25, 0.3) is 85.0 Å². The molecule has 0 radical (unpaired) electrons. The fraction of sp³-hybridized carbons (Fsp3) is 0.114. The standard InChI is InChI=1S/C35H25N8.Zn/c1-2-3-4-5-6-13-21-20-28-36-29(21)38-31-24-16-9-10-17-25(24)33(40-31)42-35-27-19-12-11-18-26(27)34(43-35)41-32-23-15-8-7-14-22(23)30(37-28)39-32;/h6-19H,2-4H2,1H3,(H2,36,37,38,39,40,41,42,43);/q-1;/b13-6-;. The summed E-state index contributed by atoms with van der Waals surface area (Å²) in [6.07, 6.45) is 7.74. The molecule has 0 saturated heterocycles. The number of hydrogen-bond acceptors (Lipinski definition) is 6. The number of nitrogens with zero attached hydrogens (tertiary/aromatic N) is 6. The molecule has 2 aliphatic rings. The van der Waals surface area contributed by atoms with Gasteiger partial charge in [-0.15, -0.1) is 0 Å². The number of fused-ring (bicyclic) bond motifs is 17. The topological polar surface area (TPSA) is 109 Å². The van der Waals surface area contributed by atoms with Gasteiger partial charge in [0.25, 0.3) is 0 Å². The van der Waals surface area contributed by atoms with E-state index in [-0.39, 0.29) is 0 Å². The van der Waals surface area contributed by atoms with E-state index < -0.39 is 0 Å². The molecule has 0 amide bonds. The van der Waals surface area contributed by atoms with Crippen molar-refractivity contribution in [1.29, 1.82) is 0 Å². The number of unbranched alkanes of at least 4 members (excludes halogenated alkanes) is 1.